The number of carbonyl (C=O) groups excluding carboxylic acids is 1. The second kappa shape index (κ2) is 8.89. The number of nitrogens with zero attached hydrogens (tertiary/aromatic N) is 2. The third-order valence-electron chi connectivity index (χ3n) is 3.70. The van der Waals surface area contributed by atoms with Crippen LogP contribution in [0.25, 0.3) is 0 Å². The number of halogens is 1. The first-order chi connectivity index (χ1) is 13.5. The first-order valence-corrected chi connectivity index (χ1v) is 8.78. The summed E-state index contributed by atoms with van der Waals surface area (Å²) in [6, 6.07) is 19.0. The molecule has 6 nitrogen and oxygen atoms in total. The molecular weight excluding hydrogens is 378 g/mol. The summed E-state index contributed by atoms with van der Waals surface area (Å²) >= 11 is 5.77. The maximum absolute atomic E-state index is 12.2. The standard InChI is InChI=1S/C21H16ClN3O3/c1-14(21(26)25-20-11-4-16(22)13-24-20)27-17-7-9-19(10-8-17)28-18-5-2-15(12-23)3-6-18/h2-11,13-14H,1H3,(H,24,25,26). The van der Waals surface area contributed by atoms with Gasteiger partial charge >= 0.3 is 0 Å². The Hall–Kier alpha value is -3.56. The van der Waals surface area contributed by atoms with Crippen molar-refractivity contribution in [1.29, 1.82) is 5.26 Å². The number of amides is 1. The summed E-state index contributed by atoms with van der Waals surface area (Å²) < 4.78 is 11.4. The van der Waals surface area contributed by atoms with Gasteiger partial charge in [0.15, 0.2) is 6.10 Å². The van der Waals surface area contributed by atoms with Gasteiger partial charge in [0.05, 0.1) is 16.7 Å². The largest absolute Gasteiger partial charge is 0.481 e. The molecular formula is C21H16ClN3O3. The number of nitrogens with one attached hydrogen (secondary N) is 1. The molecule has 0 aliphatic heterocycles. The zero-order valence-corrected chi connectivity index (χ0v) is 15.7. The van der Waals surface area contributed by atoms with E-state index in [4.69, 9.17) is 26.3 Å². The maximum atomic E-state index is 12.2. The summed E-state index contributed by atoms with van der Waals surface area (Å²) in [5.74, 6) is 1.83. The van der Waals surface area contributed by atoms with E-state index in [0.717, 1.165) is 0 Å². The van der Waals surface area contributed by atoms with Crippen LogP contribution in [0.1, 0.15) is 12.5 Å². The molecule has 0 saturated carbocycles. The lowest BCUT2D eigenvalue weighted by atomic mass is 10.2. The third-order valence-corrected chi connectivity index (χ3v) is 3.93. The minimum Gasteiger partial charge on any atom is -0.481 e. The van der Waals surface area contributed by atoms with E-state index in [1.54, 1.807) is 67.6 Å². The number of pyridine rings is 1. The third kappa shape index (κ3) is 5.22. The van der Waals surface area contributed by atoms with Crippen molar-refractivity contribution in [1.82, 2.24) is 4.98 Å². The van der Waals surface area contributed by atoms with E-state index < -0.39 is 6.10 Å². The summed E-state index contributed by atoms with van der Waals surface area (Å²) in [5, 5.41) is 12.0. The summed E-state index contributed by atoms with van der Waals surface area (Å²) in [7, 11) is 0. The molecule has 0 radical (unpaired) electrons. The molecule has 2 aromatic carbocycles. The zero-order valence-electron chi connectivity index (χ0n) is 14.9. The van der Waals surface area contributed by atoms with Crippen molar-refractivity contribution in [2.75, 3.05) is 5.32 Å². The molecule has 3 aromatic rings. The van der Waals surface area contributed by atoms with E-state index in [1.807, 2.05) is 0 Å². The molecule has 1 heterocycles. The van der Waals surface area contributed by atoms with Gasteiger partial charge in [-0.1, -0.05) is 11.6 Å². The number of carbonyl (C=O) groups is 1. The van der Waals surface area contributed by atoms with E-state index in [1.165, 1.54) is 6.20 Å². The SMILES string of the molecule is CC(Oc1ccc(Oc2ccc(C#N)cc2)cc1)C(=O)Nc1ccc(Cl)cn1. The minimum atomic E-state index is -0.720. The average Bonchev–Trinajstić information content (AvgIpc) is 2.71. The van der Waals surface area contributed by atoms with Crippen molar-refractivity contribution in [2.24, 2.45) is 0 Å². The first-order valence-electron chi connectivity index (χ1n) is 8.40. The number of hydrogen-bond donors (Lipinski definition) is 1. The summed E-state index contributed by atoms with van der Waals surface area (Å²) in [5.41, 5.74) is 0.567. The molecule has 0 spiro atoms. The van der Waals surface area contributed by atoms with Gasteiger partial charge in [0.2, 0.25) is 0 Å². The predicted octanol–water partition coefficient (Wildman–Crippen LogP) is 4.80. The van der Waals surface area contributed by atoms with Crippen molar-refractivity contribution in [2.45, 2.75) is 13.0 Å². The lowest BCUT2D eigenvalue weighted by Crippen LogP contribution is -2.30. The van der Waals surface area contributed by atoms with Gasteiger partial charge in [-0.25, -0.2) is 4.98 Å². The van der Waals surface area contributed by atoms with Crippen LogP contribution < -0.4 is 14.8 Å². The van der Waals surface area contributed by atoms with E-state index in [2.05, 4.69) is 16.4 Å². The highest BCUT2D eigenvalue weighted by Crippen LogP contribution is 2.24. The lowest BCUT2D eigenvalue weighted by Gasteiger charge is -2.15. The number of hydrogen-bond acceptors (Lipinski definition) is 5. The average molecular weight is 394 g/mol. The van der Waals surface area contributed by atoms with Gasteiger partial charge in [-0.15, -0.1) is 0 Å². The molecule has 0 aliphatic rings. The van der Waals surface area contributed by atoms with E-state index in [-0.39, 0.29) is 5.91 Å². The van der Waals surface area contributed by atoms with E-state index in [9.17, 15) is 4.79 Å². The molecule has 1 amide bonds. The Bertz CT molecular complexity index is 981. The fraction of sp³-hybridized carbons (Fsp3) is 0.0952. The number of ether oxygens (including phenoxy) is 2. The molecule has 1 aromatic heterocycles. The Morgan fingerprint density at radius 1 is 1.04 bits per heavy atom. The predicted molar refractivity (Wildman–Crippen MR) is 106 cm³/mol. The number of benzene rings is 2. The second-order valence-electron chi connectivity index (χ2n) is 5.82. The quantitative estimate of drug-likeness (QED) is 0.649. The highest BCUT2D eigenvalue weighted by Gasteiger charge is 2.15. The van der Waals surface area contributed by atoms with Crippen LogP contribution in [0.5, 0.6) is 17.2 Å². The van der Waals surface area contributed by atoms with Crippen molar-refractivity contribution < 1.29 is 14.3 Å². The number of nitriles is 1. The molecule has 0 aliphatic carbocycles. The summed E-state index contributed by atoms with van der Waals surface area (Å²) in [6.07, 6.45) is 0.734. The van der Waals surface area contributed by atoms with Gasteiger partial charge in [-0.3, -0.25) is 4.79 Å². The van der Waals surface area contributed by atoms with Crippen molar-refractivity contribution in [3.8, 4) is 23.3 Å². The van der Waals surface area contributed by atoms with Crippen molar-refractivity contribution in [3.05, 3.63) is 77.4 Å². The molecule has 1 atom stereocenters. The van der Waals surface area contributed by atoms with Gasteiger partial charge < -0.3 is 14.8 Å². The van der Waals surface area contributed by atoms with Crippen molar-refractivity contribution in [3.63, 3.8) is 0 Å². The Morgan fingerprint density at radius 2 is 1.64 bits per heavy atom. The fourth-order valence-electron chi connectivity index (χ4n) is 2.26. The molecule has 3 rings (SSSR count). The van der Waals surface area contributed by atoms with Crippen LogP contribution >= 0.6 is 11.6 Å². The molecule has 0 saturated heterocycles. The highest BCUT2D eigenvalue weighted by molar-refractivity contribution is 6.30. The number of rotatable bonds is 6. The monoisotopic (exact) mass is 393 g/mol. The minimum absolute atomic E-state index is 0.326. The van der Waals surface area contributed by atoms with Crippen LogP contribution in [-0.2, 0) is 4.79 Å². The molecule has 0 bridgehead atoms. The van der Waals surface area contributed by atoms with Gasteiger partial charge in [0.25, 0.3) is 5.91 Å². The fourth-order valence-corrected chi connectivity index (χ4v) is 2.37. The van der Waals surface area contributed by atoms with Crippen LogP contribution in [0.2, 0.25) is 5.02 Å². The summed E-state index contributed by atoms with van der Waals surface area (Å²) in [4.78, 5) is 16.2. The Labute approximate surface area is 167 Å². The van der Waals surface area contributed by atoms with Crippen LogP contribution in [0.3, 0.4) is 0 Å². The van der Waals surface area contributed by atoms with Crippen LogP contribution in [0, 0.1) is 11.3 Å². The highest BCUT2D eigenvalue weighted by atomic mass is 35.5. The molecule has 140 valence electrons. The molecule has 28 heavy (non-hydrogen) atoms. The Morgan fingerprint density at radius 3 is 2.21 bits per heavy atom. The molecule has 7 heteroatoms. The van der Waals surface area contributed by atoms with Gasteiger partial charge in [-0.05, 0) is 67.6 Å². The Kier molecular flexibility index (Phi) is 6.10. The topological polar surface area (TPSA) is 84.2 Å². The summed E-state index contributed by atoms with van der Waals surface area (Å²) in [6.45, 7) is 1.65. The van der Waals surface area contributed by atoms with E-state index >= 15 is 0 Å². The molecule has 1 unspecified atom stereocenters. The van der Waals surface area contributed by atoms with Gasteiger partial charge in [-0.2, -0.15) is 5.26 Å². The maximum Gasteiger partial charge on any atom is 0.266 e. The smallest absolute Gasteiger partial charge is 0.266 e. The zero-order chi connectivity index (χ0) is 19.9. The normalized spacial score (nSPS) is 11.2. The molecule has 1 N–H and O–H groups in total. The first kappa shape index (κ1) is 19.2. The van der Waals surface area contributed by atoms with Crippen molar-refractivity contribution >= 4 is 23.3 Å². The number of anilines is 1. The van der Waals surface area contributed by atoms with Gasteiger partial charge in [0, 0.05) is 6.20 Å². The number of aromatic nitrogens is 1. The Balaban J connectivity index is 1.56. The lowest BCUT2D eigenvalue weighted by molar-refractivity contribution is -0.122. The van der Waals surface area contributed by atoms with Crippen LogP contribution in [0.4, 0.5) is 5.82 Å². The second-order valence-corrected chi connectivity index (χ2v) is 6.26. The van der Waals surface area contributed by atoms with Gasteiger partial charge in [0.1, 0.15) is 23.1 Å². The van der Waals surface area contributed by atoms with Crippen LogP contribution in [0.15, 0.2) is 66.9 Å². The van der Waals surface area contributed by atoms with Crippen LogP contribution in [-0.4, -0.2) is 17.0 Å². The molecule has 0 fully saturated rings. The van der Waals surface area contributed by atoms with E-state index in [0.29, 0.717) is 33.7 Å².